The second kappa shape index (κ2) is 9.13. The number of nitrogens with zero attached hydrogens (tertiary/aromatic N) is 3. The maximum Gasteiger partial charge on any atom is 0.277 e. The molecular formula is C24H27N3O3. The molecule has 0 aliphatic carbocycles. The number of carbonyl (C=O) groups is 2. The van der Waals surface area contributed by atoms with Crippen LogP contribution >= 0.6 is 0 Å². The second-order valence-electron chi connectivity index (χ2n) is 7.51. The number of methoxy groups -OCH3 is 1. The number of anilines is 1. The first kappa shape index (κ1) is 20.2. The zero-order chi connectivity index (χ0) is 20.9. The predicted octanol–water partition coefficient (Wildman–Crippen LogP) is 2.63. The molecule has 0 radical (unpaired) electrons. The molecule has 156 valence electrons. The van der Waals surface area contributed by atoms with Gasteiger partial charge in [0.15, 0.2) is 0 Å². The molecule has 0 aromatic heterocycles. The van der Waals surface area contributed by atoms with E-state index in [9.17, 15) is 9.59 Å². The summed E-state index contributed by atoms with van der Waals surface area (Å²) in [4.78, 5) is 32.3. The molecule has 0 unspecified atom stereocenters. The largest absolute Gasteiger partial charge is 0.385 e. The van der Waals surface area contributed by atoms with Crippen LogP contribution in [0.1, 0.15) is 12.0 Å². The monoisotopic (exact) mass is 405 g/mol. The SMILES string of the molecule is COCCCN1C(=O)C(c2ccccc2)=C(N2CCN(c3ccccc3)CC2)C1=O. The van der Waals surface area contributed by atoms with E-state index in [0.29, 0.717) is 43.9 Å². The molecule has 0 N–H and O–H groups in total. The van der Waals surface area contributed by atoms with Crippen molar-refractivity contribution in [2.75, 3.05) is 51.3 Å². The molecule has 4 rings (SSSR count). The van der Waals surface area contributed by atoms with Crippen molar-refractivity contribution >= 4 is 23.1 Å². The maximum atomic E-state index is 13.3. The summed E-state index contributed by atoms with van der Waals surface area (Å²) < 4.78 is 5.10. The number of hydrogen-bond acceptors (Lipinski definition) is 5. The molecule has 0 saturated carbocycles. The van der Waals surface area contributed by atoms with Gasteiger partial charge in [-0.1, -0.05) is 48.5 Å². The summed E-state index contributed by atoms with van der Waals surface area (Å²) in [7, 11) is 1.62. The highest BCUT2D eigenvalue weighted by molar-refractivity contribution is 6.35. The summed E-state index contributed by atoms with van der Waals surface area (Å²) in [6, 6.07) is 19.8. The Kier molecular flexibility index (Phi) is 6.14. The summed E-state index contributed by atoms with van der Waals surface area (Å²) in [5.74, 6) is -0.397. The third-order valence-corrected chi connectivity index (χ3v) is 5.65. The minimum absolute atomic E-state index is 0.192. The standard InChI is InChI=1S/C24H27N3O3/c1-30-18-8-13-27-23(28)21(19-9-4-2-5-10-19)22(24(27)29)26-16-14-25(15-17-26)20-11-6-3-7-12-20/h2-7,9-12H,8,13-18H2,1H3. The fourth-order valence-corrected chi connectivity index (χ4v) is 4.12. The third kappa shape index (κ3) is 3.96. The zero-order valence-corrected chi connectivity index (χ0v) is 17.3. The number of amides is 2. The Hall–Kier alpha value is -3.12. The third-order valence-electron chi connectivity index (χ3n) is 5.65. The molecule has 2 heterocycles. The van der Waals surface area contributed by atoms with Gasteiger partial charge in [-0.15, -0.1) is 0 Å². The lowest BCUT2D eigenvalue weighted by atomic mass is 10.0. The van der Waals surface area contributed by atoms with Crippen molar-refractivity contribution in [1.29, 1.82) is 0 Å². The molecule has 2 aliphatic heterocycles. The van der Waals surface area contributed by atoms with E-state index in [1.54, 1.807) is 7.11 Å². The number of hydrogen-bond donors (Lipinski definition) is 0. The molecule has 2 aromatic rings. The molecular weight excluding hydrogens is 378 g/mol. The van der Waals surface area contributed by atoms with E-state index in [1.807, 2.05) is 48.5 Å². The number of ether oxygens (including phenoxy) is 1. The van der Waals surface area contributed by atoms with Crippen LogP contribution in [-0.2, 0) is 14.3 Å². The van der Waals surface area contributed by atoms with Gasteiger partial charge in [0, 0.05) is 52.1 Å². The number of carbonyl (C=O) groups excluding carboxylic acids is 2. The van der Waals surface area contributed by atoms with Crippen molar-refractivity contribution < 1.29 is 14.3 Å². The van der Waals surface area contributed by atoms with Crippen LogP contribution < -0.4 is 4.90 Å². The Morgan fingerprint density at radius 1 is 0.800 bits per heavy atom. The molecule has 1 fully saturated rings. The van der Waals surface area contributed by atoms with Crippen LogP contribution in [0.5, 0.6) is 0 Å². The lowest BCUT2D eigenvalue weighted by Gasteiger charge is -2.37. The molecule has 2 aromatic carbocycles. The molecule has 0 bridgehead atoms. The van der Waals surface area contributed by atoms with Gasteiger partial charge in [0.2, 0.25) is 0 Å². The summed E-state index contributed by atoms with van der Waals surface area (Å²) in [6.07, 6.45) is 0.630. The molecule has 30 heavy (non-hydrogen) atoms. The predicted molar refractivity (Wildman–Crippen MR) is 117 cm³/mol. The van der Waals surface area contributed by atoms with E-state index in [2.05, 4.69) is 21.9 Å². The van der Waals surface area contributed by atoms with Crippen molar-refractivity contribution in [1.82, 2.24) is 9.80 Å². The Morgan fingerprint density at radius 2 is 1.40 bits per heavy atom. The Bertz CT molecular complexity index is 919. The van der Waals surface area contributed by atoms with Crippen molar-refractivity contribution in [3.63, 3.8) is 0 Å². The van der Waals surface area contributed by atoms with E-state index in [1.165, 1.54) is 10.6 Å². The molecule has 0 atom stereocenters. The van der Waals surface area contributed by atoms with E-state index in [4.69, 9.17) is 4.74 Å². The lowest BCUT2D eigenvalue weighted by molar-refractivity contribution is -0.137. The number of rotatable bonds is 7. The number of benzene rings is 2. The van der Waals surface area contributed by atoms with Crippen molar-refractivity contribution in [2.24, 2.45) is 0 Å². The lowest BCUT2D eigenvalue weighted by Crippen LogP contribution is -2.47. The fraction of sp³-hybridized carbons (Fsp3) is 0.333. The topological polar surface area (TPSA) is 53.1 Å². The Morgan fingerprint density at radius 3 is 2.03 bits per heavy atom. The van der Waals surface area contributed by atoms with Gasteiger partial charge < -0.3 is 14.5 Å². The molecule has 2 amide bonds. The highest BCUT2D eigenvalue weighted by Crippen LogP contribution is 2.32. The first-order valence-corrected chi connectivity index (χ1v) is 10.4. The van der Waals surface area contributed by atoms with Gasteiger partial charge in [-0.05, 0) is 24.1 Å². The second-order valence-corrected chi connectivity index (χ2v) is 7.51. The average molecular weight is 405 g/mol. The van der Waals surface area contributed by atoms with Gasteiger partial charge >= 0.3 is 0 Å². The molecule has 1 saturated heterocycles. The minimum Gasteiger partial charge on any atom is -0.385 e. The van der Waals surface area contributed by atoms with Crippen LogP contribution in [0.15, 0.2) is 66.4 Å². The van der Waals surface area contributed by atoms with E-state index in [0.717, 1.165) is 18.7 Å². The maximum absolute atomic E-state index is 13.3. The van der Waals surface area contributed by atoms with Crippen LogP contribution in [0.4, 0.5) is 5.69 Å². The van der Waals surface area contributed by atoms with Gasteiger partial charge in [-0.2, -0.15) is 0 Å². The fourth-order valence-electron chi connectivity index (χ4n) is 4.12. The zero-order valence-electron chi connectivity index (χ0n) is 17.3. The van der Waals surface area contributed by atoms with E-state index in [-0.39, 0.29) is 11.8 Å². The Labute approximate surface area is 177 Å². The number of para-hydroxylation sites is 1. The van der Waals surface area contributed by atoms with Gasteiger partial charge in [0.05, 0.1) is 5.57 Å². The van der Waals surface area contributed by atoms with Crippen LogP contribution in [0.2, 0.25) is 0 Å². The average Bonchev–Trinajstić information content (AvgIpc) is 3.05. The summed E-state index contributed by atoms with van der Waals surface area (Å²) >= 11 is 0. The van der Waals surface area contributed by atoms with Crippen LogP contribution in [0.25, 0.3) is 5.57 Å². The van der Waals surface area contributed by atoms with Gasteiger partial charge in [0.25, 0.3) is 11.8 Å². The molecule has 0 spiro atoms. The summed E-state index contributed by atoms with van der Waals surface area (Å²) in [5, 5.41) is 0. The van der Waals surface area contributed by atoms with Crippen LogP contribution in [-0.4, -0.2) is 68.1 Å². The van der Waals surface area contributed by atoms with Gasteiger partial charge in [-0.3, -0.25) is 14.5 Å². The number of piperazine rings is 1. The van der Waals surface area contributed by atoms with Gasteiger partial charge in [0.1, 0.15) is 5.70 Å². The minimum atomic E-state index is -0.206. The van der Waals surface area contributed by atoms with Crippen LogP contribution in [0, 0.1) is 0 Å². The smallest absolute Gasteiger partial charge is 0.277 e. The highest BCUT2D eigenvalue weighted by atomic mass is 16.5. The van der Waals surface area contributed by atoms with E-state index >= 15 is 0 Å². The van der Waals surface area contributed by atoms with Gasteiger partial charge in [-0.25, -0.2) is 0 Å². The summed E-state index contributed by atoms with van der Waals surface area (Å²) in [6.45, 7) is 3.90. The van der Waals surface area contributed by atoms with Crippen molar-refractivity contribution in [3.05, 3.63) is 71.9 Å². The van der Waals surface area contributed by atoms with Crippen LogP contribution in [0.3, 0.4) is 0 Å². The number of imide groups is 1. The van der Waals surface area contributed by atoms with E-state index < -0.39 is 0 Å². The normalized spacial score (nSPS) is 17.3. The molecule has 6 nitrogen and oxygen atoms in total. The quantitative estimate of drug-likeness (QED) is 0.524. The molecule has 2 aliphatic rings. The molecule has 6 heteroatoms. The first-order valence-electron chi connectivity index (χ1n) is 10.4. The highest BCUT2D eigenvalue weighted by Gasteiger charge is 2.41. The first-order chi connectivity index (χ1) is 14.7. The summed E-state index contributed by atoms with van der Waals surface area (Å²) in [5.41, 5.74) is 3.04. The Balaban J connectivity index is 1.59. The van der Waals surface area contributed by atoms with Crippen molar-refractivity contribution in [3.8, 4) is 0 Å². The van der Waals surface area contributed by atoms with Crippen molar-refractivity contribution in [2.45, 2.75) is 6.42 Å².